The molecule has 2 heterocycles. The van der Waals surface area contributed by atoms with Gasteiger partial charge in [0, 0.05) is 18.8 Å². The van der Waals surface area contributed by atoms with Gasteiger partial charge in [0.1, 0.15) is 6.33 Å². The first kappa shape index (κ1) is 23.1. The topological polar surface area (TPSA) is 110 Å². The molecule has 10 heteroatoms. The molecule has 3 aromatic rings. The zero-order valence-electron chi connectivity index (χ0n) is 18.8. The Morgan fingerprint density at radius 2 is 1.88 bits per heavy atom. The molecule has 1 saturated heterocycles. The second-order valence-corrected chi connectivity index (χ2v) is 10.3. The first-order valence-electron chi connectivity index (χ1n) is 11.1. The standard InChI is InChI=1S/C23H28N6O3S/c1-3-17(2)18-6-8-20(9-7-18)25-23(30)19-5-4-14-28(15-19)33(31,32)22-12-10-21(11-13-22)29-16-24-26-27-29/h6-13,16-17,19H,3-5,14-15H2,1-2H3,(H,25,30)/t17-,19-/m1/s1. The number of piperidine rings is 1. The normalized spacial score (nSPS) is 18.1. The molecule has 4 rings (SSSR count). The lowest BCUT2D eigenvalue weighted by molar-refractivity contribution is -0.120. The van der Waals surface area contributed by atoms with Gasteiger partial charge in [0.25, 0.3) is 0 Å². The van der Waals surface area contributed by atoms with Gasteiger partial charge in [-0.25, -0.2) is 13.1 Å². The molecule has 1 aromatic heterocycles. The molecule has 174 valence electrons. The molecule has 2 aromatic carbocycles. The van der Waals surface area contributed by atoms with Crippen molar-refractivity contribution >= 4 is 21.6 Å². The minimum Gasteiger partial charge on any atom is -0.326 e. The quantitative estimate of drug-likeness (QED) is 0.570. The third kappa shape index (κ3) is 5.12. The van der Waals surface area contributed by atoms with Crippen molar-refractivity contribution in [1.29, 1.82) is 0 Å². The number of hydrogen-bond donors (Lipinski definition) is 1. The van der Waals surface area contributed by atoms with Crippen molar-refractivity contribution in [3.63, 3.8) is 0 Å². The van der Waals surface area contributed by atoms with E-state index in [1.54, 1.807) is 12.1 Å². The summed E-state index contributed by atoms with van der Waals surface area (Å²) < 4.78 is 29.2. The van der Waals surface area contributed by atoms with Crippen LogP contribution >= 0.6 is 0 Å². The molecule has 1 fully saturated rings. The highest BCUT2D eigenvalue weighted by atomic mass is 32.2. The zero-order valence-corrected chi connectivity index (χ0v) is 19.6. The lowest BCUT2D eigenvalue weighted by atomic mass is 9.97. The van der Waals surface area contributed by atoms with Crippen LogP contribution in [0.15, 0.2) is 59.8 Å². The maximum Gasteiger partial charge on any atom is 0.243 e. The molecule has 0 bridgehead atoms. The van der Waals surface area contributed by atoms with E-state index < -0.39 is 15.9 Å². The van der Waals surface area contributed by atoms with E-state index >= 15 is 0 Å². The van der Waals surface area contributed by atoms with Gasteiger partial charge in [-0.15, -0.1) is 5.10 Å². The summed E-state index contributed by atoms with van der Waals surface area (Å²) in [7, 11) is -3.71. The molecule has 33 heavy (non-hydrogen) atoms. The summed E-state index contributed by atoms with van der Waals surface area (Å²) in [5, 5.41) is 13.9. The first-order valence-corrected chi connectivity index (χ1v) is 12.6. The number of carbonyl (C=O) groups is 1. The summed E-state index contributed by atoms with van der Waals surface area (Å²) in [4.78, 5) is 13.1. The summed E-state index contributed by atoms with van der Waals surface area (Å²) in [6.07, 6.45) is 3.78. The van der Waals surface area contributed by atoms with Crippen LogP contribution in [-0.4, -0.2) is 51.9 Å². The highest BCUT2D eigenvalue weighted by Gasteiger charge is 2.33. The Bertz CT molecular complexity index is 1180. The number of nitrogens with one attached hydrogen (secondary N) is 1. The van der Waals surface area contributed by atoms with E-state index in [1.165, 1.54) is 33.0 Å². The number of aromatic nitrogens is 4. The molecular formula is C23H28N6O3S. The number of nitrogens with zero attached hydrogens (tertiary/aromatic N) is 5. The lowest BCUT2D eigenvalue weighted by Gasteiger charge is -2.31. The Morgan fingerprint density at radius 1 is 1.15 bits per heavy atom. The van der Waals surface area contributed by atoms with Crippen molar-refractivity contribution in [2.24, 2.45) is 5.92 Å². The molecule has 1 aliphatic rings. The predicted octanol–water partition coefficient (Wildman–Crippen LogP) is 3.22. The Labute approximate surface area is 193 Å². The minimum atomic E-state index is -3.71. The fourth-order valence-corrected chi connectivity index (χ4v) is 5.47. The average Bonchev–Trinajstić information content (AvgIpc) is 3.39. The van der Waals surface area contributed by atoms with Crippen LogP contribution in [0.25, 0.3) is 5.69 Å². The van der Waals surface area contributed by atoms with E-state index in [-0.39, 0.29) is 17.3 Å². The summed E-state index contributed by atoms with van der Waals surface area (Å²) in [6, 6.07) is 14.2. The van der Waals surface area contributed by atoms with Crippen LogP contribution < -0.4 is 5.32 Å². The predicted molar refractivity (Wildman–Crippen MR) is 124 cm³/mol. The van der Waals surface area contributed by atoms with Crippen molar-refractivity contribution in [3.05, 3.63) is 60.4 Å². The monoisotopic (exact) mass is 468 g/mol. The zero-order chi connectivity index (χ0) is 23.4. The lowest BCUT2D eigenvalue weighted by Crippen LogP contribution is -2.43. The maximum atomic E-state index is 13.2. The molecular weight excluding hydrogens is 440 g/mol. The molecule has 1 aliphatic heterocycles. The molecule has 0 unspecified atom stereocenters. The summed E-state index contributed by atoms with van der Waals surface area (Å²) >= 11 is 0. The molecule has 9 nitrogen and oxygen atoms in total. The Morgan fingerprint density at radius 3 is 2.52 bits per heavy atom. The van der Waals surface area contributed by atoms with Crippen LogP contribution in [0.5, 0.6) is 0 Å². The van der Waals surface area contributed by atoms with Crippen molar-refractivity contribution in [2.75, 3.05) is 18.4 Å². The van der Waals surface area contributed by atoms with Gasteiger partial charge in [-0.1, -0.05) is 26.0 Å². The molecule has 1 amide bonds. The fraction of sp³-hybridized carbons (Fsp3) is 0.391. The van der Waals surface area contributed by atoms with Crippen molar-refractivity contribution < 1.29 is 13.2 Å². The number of sulfonamides is 1. The summed E-state index contributed by atoms with van der Waals surface area (Å²) in [5.74, 6) is -0.0858. The number of hydrogen-bond acceptors (Lipinski definition) is 6. The molecule has 0 aliphatic carbocycles. The number of carbonyl (C=O) groups excluding carboxylic acids is 1. The third-order valence-corrected chi connectivity index (χ3v) is 8.08. The highest BCUT2D eigenvalue weighted by molar-refractivity contribution is 7.89. The first-order chi connectivity index (χ1) is 15.9. The molecule has 0 saturated carbocycles. The number of benzene rings is 2. The third-order valence-electron chi connectivity index (χ3n) is 6.20. The molecule has 0 spiro atoms. The summed E-state index contributed by atoms with van der Waals surface area (Å²) in [6.45, 7) is 4.87. The summed E-state index contributed by atoms with van der Waals surface area (Å²) in [5.41, 5.74) is 2.62. The number of anilines is 1. The van der Waals surface area contributed by atoms with Gasteiger partial charge in [0.2, 0.25) is 15.9 Å². The van der Waals surface area contributed by atoms with E-state index in [0.29, 0.717) is 31.0 Å². The molecule has 0 radical (unpaired) electrons. The van der Waals surface area contributed by atoms with Gasteiger partial charge in [-0.3, -0.25) is 4.79 Å². The van der Waals surface area contributed by atoms with Gasteiger partial charge in [0.15, 0.2) is 0 Å². The van der Waals surface area contributed by atoms with Crippen LogP contribution in [0.3, 0.4) is 0 Å². The Balaban J connectivity index is 1.42. The average molecular weight is 469 g/mol. The van der Waals surface area contributed by atoms with Gasteiger partial charge < -0.3 is 5.32 Å². The molecule has 2 atom stereocenters. The van der Waals surface area contributed by atoms with E-state index in [9.17, 15) is 13.2 Å². The van der Waals surface area contributed by atoms with E-state index in [4.69, 9.17) is 0 Å². The second kappa shape index (κ2) is 9.80. The Hall–Kier alpha value is -3.11. The van der Waals surface area contributed by atoms with Crippen molar-refractivity contribution in [2.45, 2.75) is 43.9 Å². The van der Waals surface area contributed by atoms with Crippen LogP contribution in [-0.2, 0) is 14.8 Å². The molecule has 1 N–H and O–H groups in total. The second-order valence-electron chi connectivity index (χ2n) is 8.37. The van der Waals surface area contributed by atoms with Crippen molar-refractivity contribution in [3.8, 4) is 5.69 Å². The van der Waals surface area contributed by atoms with Crippen LogP contribution in [0.4, 0.5) is 5.69 Å². The number of amides is 1. The van der Waals surface area contributed by atoms with Crippen LogP contribution in [0, 0.1) is 5.92 Å². The van der Waals surface area contributed by atoms with Crippen LogP contribution in [0.1, 0.15) is 44.6 Å². The highest BCUT2D eigenvalue weighted by Crippen LogP contribution is 2.26. The minimum absolute atomic E-state index is 0.153. The van der Waals surface area contributed by atoms with Gasteiger partial charge in [-0.2, -0.15) is 4.31 Å². The van der Waals surface area contributed by atoms with E-state index in [2.05, 4.69) is 34.7 Å². The Kier molecular flexibility index (Phi) is 6.85. The van der Waals surface area contributed by atoms with Gasteiger partial charge in [0.05, 0.1) is 16.5 Å². The fourth-order valence-electron chi connectivity index (χ4n) is 3.95. The number of rotatable bonds is 7. The van der Waals surface area contributed by atoms with Gasteiger partial charge >= 0.3 is 0 Å². The van der Waals surface area contributed by atoms with Gasteiger partial charge in [-0.05, 0) is 77.6 Å². The van der Waals surface area contributed by atoms with E-state index in [1.807, 2.05) is 24.3 Å². The van der Waals surface area contributed by atoms with Crippen LogP contribution in [0.2, 0.25) is 0 Å². The maximum absolute atomic E-state index is 13.2. The SMILES string of the molecule is CC[C@@H](C)c1ccc(NC(=O)[C@@H]2CCCN(S(=O)(=O)c3ccc(-n4cnnn4)cc3)C2)cc1. The largest absolute Gasteiger partial charge is 0.326 e. The van der Waals surface area contributed by atoms with E-state index in [0.717, 1.165) is 12.1 Å². The smallest absolute Gasteiger partial charge is 0.243 e. The van der Waals surface area contributed by atoms with Crippen molar-refractivity contribution in [1.82, 2.24) is 24.5 Å². The number of tetrazole rings is 1.